The first kappa shape index (κ1) is 20.8. The highest BCUT2D eigenvalue weighted by Crippen LogP contribution is 2.29. The van der Waals surface area contributed by atoms with Gasteiger partial charge in [0, 0.05) is 19.6 Å². The second kappa shape index (κ2) is 10.5. The molecule has 1 fully saturated rings. The second-order valence-electron chi connectivity index (χ2n) is 6.73. The molecule has 0 aliphatic heterocycles. The highest BCUT2D eigenvalue weighted by molar-refractivity contribution is 14.0. The van der Waals surface area contributed by atoms with E-state index in [2.05, 4.69) is 35.5 Å². The van der Waals surface area contributed by atoms with Gasteiger partial charge >= 0.3 is 0 Å². The predicted octanol–water partition coefficient (Wildman–Crippen LogP) is 4.06. The monoisotopic (exact) mass is 440 g/mol. The molecule has 2 N–H and O–H groups in total. The van der Waals surface area contributed by atoms with E-state index in [1.165, 1.54) is 25.7 Å². The molecule has 0 spiro atoms. The summed E-state index contributed by atoms with van der Waals surface area (Å²) in [7, 11) is 1.81. The van der Waals surface area contributed by atoms with Crippen molar-refractivity contribution in [2.75, 3.05) is 7.05 Å². The summed E-state index contributed by atoms with van der Waals surface area (Å²) in [5, 5.41) is 15.7. The first-order valence-electron chi connectivity index (χ1n) is 8.58. The van der Waals surface area contributed by atoms with Gasteiger partial charge in [-0.1, -0.05) is 26.0 Å². The standard InChI is InChI=1S/C19H28N4.HI/c1-14(2)17-8-10-18(11-9-17)23-19(21-3)22-13-16-6-4-15(12-20)5-7-16;/h4-7,14,17-18H,8-11,13H2,1-3H3,(H2,21,22,23);1H. The predicted molar refractivity (Wildman–Crippen MR) is 110 cm³/mol. The lowest BCUT2D eigenvalue weighted by molar-refractivity contribution is 0.250. The van der Waals surface area contributed by atoms with Crippen molar-refractivity contribution in [3.8, 4) is 6.07 Å². The number of nitrogens with zero attached hydrogens (tertiary/aromatic N) is 2. The van der Waals surface area contributed by atoms with Gasteiger partial charge in [0.05, 0.1) is 11.6 Å². The molecule has 5 heteroatoms. The summed E-state index contributed by atoms with van der Waals surface area (Å²) < 4.78 is 0. The Bertz CT molecular complexity index is 552. The number of nitriles is 1. The van der Waals surface area contributed by atoms with Crippen LogP contribution in [0, 0.1) is 23.2 Å². The average Bonchev–Trinajstić information content (AvgIpc) is 2.59. The quantitative estimate of drug-likeness (QED) is 0.422. The lowest BCUT2D eigenvalue weighted by Gasteiger charge is -2.32. The van der Waals surface area contributed by atoms with Crippen LogP contribution < -0.4 is 10.6 Å². The molecule has 1 aliphatic carbocycles. The van der Waals surface area contributed by atoms with Crippen molar-refractivity contribution >= 4 is 29.9 Å². The molecule has 1 aliphatic rings. The van der Waals surface area contributed by atoms with Crippen molar-refractivity contribution in [1.29, 1.82) is 5.26 Å². The maximum absolute atomic E-state index is 8.83. The average molecular weight is 440 g/mol. The van der Waals surface area contributed by atoms with Crippen LogP contribution in [0.15, 0.2) is 29.3 Å². The van der Waals surface area contributed by atoms with Gasteiger partial charge in [-0.15, -0.1) is 24.0 Å². The van der Waals surface area contributed by atoms with Crippen LogP contribution in [0.1, 0.15) is 50.7 Å². The number of aliphatic imine (C=N–C) groups is 1. The highest BCUT2D eigenvalue weighted by Gasteiger charge is 2.23. The highest BCUT2D eigenvalue weighted by atomic mass is 127. The summed E-state index contributed by atoms with van der Waals surface area (Å²) in [6.07, 6.45) is 5.06. The molecule has 1 aromatic rings. The number of guanidine groups is 1. The van der Waals surface area contributed by atoms with Crippen LogP contribution in [0.4, 0.5) is 0 Å². The molecule has 1 aromatic carbocycles. The Kier molecular flexibility index (Phi) is 9.12. The van der Waals surface area contributed by atoms with E-state index < -0.39 is 0 Å². The zero-order valence-electron chi connectivity index (χ0n) is 14.9. The van der Waals surface area contributed by atoms with Crippen LogP contribution in [0.2, 0.25) is 0 Å². The summed E-state index contributed by atoms with van der Waals surface area (Å²) >= 11 is 0. The van der Waals surface area contributed by atoms with E-state index in [1.807, 2.05) is 31.3 Å². The second-order valence-corrected chi connectivity index (χ2v) is 6.73. The molecule has 0 amide bonds. The van der Waals surface area contributed by atoms with Crippen molar-refractivity contribution in [2.45, 2.75) is 52.1 Å². The van der Waals surface area contributed by atoms with Crippen molar-refractivity contribution < 1.29 is 0 Å². The molecule has 4 nitrogen and oxygen atoms in total. The van der Waals surface area contributed by atoms with E-state index in [1.54, 1.807) is 0 Å². The van der Waals surface area contributed by atoms with E-state index in [9.17, 15) is 0 Å². The molecule has 0 heterocycles. The molecule has 2 rings (SSSR count). The fourth-order valence-corrected chi connectivity index (χ4v) is 3.20. The van der Waals surface area contributed by atoms with Gasteiger partial charge in [0.2, 0.25) is 0 Å². The van der Waals surface area contributed by atoms with E-state index >= 15 is 0 Å². The lowest BCUT2D eigenvalue weighted by Crippen LogP contribution is -2.44. The van der Waals surface area contributed by atoms with Gasteiger partial charge < -0.3 is 10.6 Å². The van der Waals surface area contributed by atoms with Crippen molar-refractivity contribution in [2.24, 2.45) is 16.8 Å². The number of halogens is 1. The van der Waals surface area contributed by atoms with Crippen LogP contribution in [-0.2, 0) is 6.54 Å². The Morgan fingerprint density at radius 3 is 2.33 bits per heavy atom. The van der Waals surface area contributed by atoms with Crippen LogP contribution in [0.25, 0.3) is 0 Å². The fourth-order valence-electron chi connectivity index (χ4n) is 3.20. The molecule has 1 saturated carbocycles. The molecule has 0 aromatic heterocycles. The molecule has 0 atom stereocenters. The van der Waals surface area contributed by atoms with Gasteiger partial charge in [0.1, 0.15) is 0 Å². The first-order valence-corrected chi connectivity index (χ1v) is 8.58. The van der Waals surface area contributed by atoms with Crippen molar-refractivity contribution in [1.82, 2.24) is 10.6 Å². The number of rotatable bonds is 4. The summed E-state index contributed by atoms with van der Waals surface area (Å²) in [4.78, 5) is 4.33. The Hall–Kier alpha value is -1.29. The number of hydrogen-bond donors (Lipinski definition) is 2. The van der Waals surface area contributed by atoms with Crippen LogP contribution in [0.5, 0.6) is 0 Å². The topological polar surface area (TPSA) is 60.2 Å². The minimum absolute atomic E-state index is 0. The Morgan fingerprint density at radius 2 is 1.83 bits per heavy atom. The zero-order chi connectivity index (χ0) is 16.7. The van der Waals surface area contributed by atoms with E-state index in [4.69, 9.17) is 5.26 Å². The summed E-state index contributed by atoms with van der Waals surface area (Å²) in [6, 6.07) is 10.3. The fraction of sp³-hybridized carbons (Fsp3) is 0.579. The smallest absolute Gasteiger partial charge is 0.191 e. The molecule has 24 heavy (non-hydrogen) atoms. The van der Waals surface area contributed by atoms with E-state index in [-0.39, 0.29) is 24.0 Å². The van der Waals surface area contributed by atoms with Gasteiger partial charge in [-0.05, 0) is 55.2 Å². The maximum atomic E-state index is 8.83. The minimum Gasteiger partial charge on any atom is -0.354 e. The van der Waals surface area contributed by atoms with E-state index in [0.29, 0.717) is 18.2 Å². The summed E-state index contributed by atoms with van der Waals surface area (Å²) in [5.74, 6) is 2.54. The van der Waals surface area contributed by atoms with Crippen LogP contribution >= 0.6 is 24.0 Å². The molecule has 0 bridgehead atoms. The molecular weight excluding hydrogens is 411 g/mol. The molecular formula is C19H29IN4. The zero-order valence-corrected chi connectivity index (χ0v) is 17.2. The molecule has 0 saturated heterocycles. The Morgan fingerprint density at radius 1 is 1.21 bits per heavy atom. The summed E-state index contributed by atoms with van der Waals surface area (Å²) in [6.45, 7) is 5.37. The molecule has 0 unspecified atom stereocenters. The third-order valence-electron chi connectivity index (χ3n) is 4.82. The van der Waals surface area contributed by atoms with Gasteiger partial charge in [0.25, 0.3) is 0 Å². The third-order valence-corrected chi connectivity index (χ3v) is 4.82. The van der Waals surface area contributed by atoms with Crippen LogP contribution in [0.3, 0.4) is 0 Å². The third kappa shape index (κ3) is 6.31. The van der Waals surface area contributed by atoms with Gasteiger partial charge in [-0.3, -0.25) is 4.99 Å². The number of hydrogen-bond acceptors (Lipinski definition) is 2. The largest absolute Gasteiger partial charge is 0.354 e. The van der Waals surface area contributed by atoms with Crippen molar-refractivity contribution in [3.05, 3.63) is 35.4 Å². The van der Waals surface area contributed by atoms with Crippen LogP contribution in [-0.4, -0.2) is 19.0 Å². The molecule has 0 radical (unpaired) electrons. The van der Waals surface area contributed by atoms with Gasteiger partial charge in [-0.2, -0.15) is 5.26 Å². The minimum atomic E-state index is 0. The SMILES string of the molecule is CN=C(NCc1ccc(C#N)cc1)NC1CCC(C(C)C)CC1.I. The maximum Gasteiger partial charge on any atom is 0.191 e. The Balaban J connectivity index is 0.00000288. The van der Waals surface area contributed by atoms with Gasteiger partial charge in [-0.25, -0.2) is 0 Å². The lowest BCUT2D eigenvalue weighted by atomic mass is 9.80. The molecule has 132 valence electrons. The normalized spacial score (nSPS) is 20.9. The first-order chi connectivity index (χ1) is 11.1. The summed E-state index contributed by atoms with van der Waals surface area (Å²) in [5.41, 5.74) is 1.84. The number of nitrogens with one attached hydrogen (secondary N) is 2. The van der Waals surface area contributed by atoms with Gasteiger partial charge in [0.15, 0.2) is 5.96 Å². The van der Waals surface area contributed by atoms with Crippen molar-refractivity contribution in [3.63, 3.8) is 0 Å². The van der Waals surface area contributed by atoms with E-state index in [0.717, 1.165) is 23.4 Å². The Labute approximate surface area is 163 Å². The number of benzene rings is 1.